The van der Waals surface area contributed by atoms with Gasteiger partial charge in [-0.1, -0.05) is 36.8 Å². The summed E-state index contributed by atoms with van der Waals surface area (Å²) >= 11 is 1.66. The maximum atomic E-state index is 13.0. The first-order chi connectivity index (χ1) is 14.4. The van der Waals surface area contributed by atoms with E-state index in [1.807, 2.05) is 31.2 Å². The Morgan fingerprint density at radius 1 is 1.10 bits per heavy atom. The fourth-order valence-corrected chi connectivity index (χ4v) is 3.78. The molecule has 0 aliphatic carbocycles. The molecule has 0 aliphatic heterocycles. The molecule has 2 aromatic carbocycles. The molecule has 2 rings (SSSR count). The molecule has 1 atom stereocenters. The summed E-state index contributed by atoms with van der Waals surface area (Å²) in [6.45, 7) is 6.85. The Kier molecular flexibility index (Phi) is 9.74. The van der Waals surface area contributed by atoms with Crippen LogP contribution in [0.3, 0.4) is 0 Å². The summed E-state index contributed by atoms with van der Waals surface area (Å²) in [4.78, 5) is 28.4. The molecule has 5 nitrogen and oxygen atoms in total. The first kappa shape index (κ1) is 23.8. The minimum atomic E-state index is -0.532. The van der Waals surface area contributed by atoms with Crippen LogP contribution in [0.5, 0.6) is 5.75 Å². The van der Waals surface area contributed by atoms with Crippen LogP contribution in [0, 0.1) is 6.92 Å². The van der Waals surface area contributed by atoms with Crippen molar-refractivity contribution in [3.8, 4) is 5.75 Å². The molecule has 162 valence electrons. The summed E-state index contributed by atoms with van der Waals surface area (Å²) in [6, 6.07) is 15.3. The maximum Gasteiger partial charge on any atom is 0.242 e. The third kappa shape index (κ3) is 7.41. The van der Waals surface area contributed by atoms with E-state index >= 15 is 0 Å². The quantitative estimate of drug-likeness (QED) is 0.538. The second kappa shape index (κ2) is 12.3. The Morgan fingerprint density at radius 2 is 1.77 bits per heavy atom. The molecule has 2 amide bonds. The SMILES string of the molecule is CCCNC(=O)[C@@H](C)N(Cc1ccc(OC)cc1)C(=O)CCSc1ccc(C)cc1. The Hall–Kier alpha value is -2.47. The van der Waals surface area contributed by atoms with Crippen LogP contribution in [0.4, 0.5) is 0 Å². The Labute approximate surface area is 184 Å². The van der Waals surface area contributed by atoms with Crippen molar-refractivity contribution in [3.05, 3.63) is 59.7 Å². The lowest BCUT2D eigenvalue weighted by Crippen LogP contribution is -2.47. The van der Waals surface area contributed by atoms with Crippen molar-refractivity contribution in [2.45, 2.75) is 51.1 Å². The van der Waals surface area contributed by atoms with Crippen molar-refractivity contribution in [2.24, 2.45) is 0 Å². The number of aryl methyl sites for hydroxylation is 1. The highest BCUT2D eigenvalue weighted by atomic mass is 32.2. The molecule has 0 radical (unpaired) electrons. The molecule has 30 heavy (non-hydrogen) atoms. The van der Waals surface area contributed by atoms with Gasteiger partial charge >= 0.3 is 0 Å². The van der Waals surface area contributed by atoms with Gasteiger partial charge in [0.05, 0.1) is 7.11 Å². The monoisotopic (exact) mass is 428 g/mol. The summed E-state index contributed by atoms with van der Waals surface area (Å²) in [5.74, 6) is 1.29. The third-order valence-corrected chi connectivity index (χ3v) is 5.85. The van der Waals surface area contributed by atoms with Gasteiger partial charge in [0.15, 0.2) is 0 Å². The Bertz CT molecular complexity index is 806. The first-order valence-corrected chi connectivity index (χ1v) is 11.3. The van der Waals surface area contributed by atoms with Crippen molar-refractivity contribution in [2.75, 3.05) is 19.4 Å². The highest BCUT2D eigenvalue weighted by Gasteiger charge is 2.25. The summed E-state index contributed by atoms with van der Waals surface area (Å²) < 4.78 is 5.21. The summed E-state index contributed by atoms with van der Waals surface area (Å²) in [7, 11) is 1.62. The molecule has 2 aromatic rings. The van der Waals surface area contributed by atoms with E-state index in [0.717, 1.165) is 22.6 Å². The number of nitrogens with zero attached hydrogens (tertiary/aromatic N) is 1. The Morgan fingerprint density at radius 3 is 2.37 bits per heavy atom. The second-order valence-corrected chi connectivity index (χ2v) is 8.42. The van der Waals surface area contributed by atoms with Gasteiger partial charge in [-0.15, -0.1) is 11.8 Å². The molecule has 0 spiro atoms. The number of hydrogen-bond donors (Lipinski definition) is 1. The zero-order valence-corrected chi connectivity index (χ0v) is 19.1. The normalized spacial score (nSPS) is 11.6. The molecule has 0 saturated heterocycles. The fraction of sp³-hybridized carbons (Fsp3) is 0.417. The van der Waals surface area contributed by atoms with Gasteiger partial charge in [0.2, 0.25) is 11.8 Å². The number of carbonyl (C=O) groups is 2. The number of benzene rings is 2. The number of hydrogen-bond acceptors (Lipinski definition) is 4. The van der Waals surface area contributed by atoms with Gasteiger partial charge in [0, 0.05) is 30.2 Å². The van der Waals surface area contributed by atoms with Gasteiger partial charge in [-0.3, -0.25) is 9.59 Å². The van der Waals surface area contributed by atoms with E-state index in [2.05, 4.69) is 36.5 Å². The van der Waals surface area contributed by atoms with E-state index in [1.165, 1.54) is 5.56 Å². The van der Waals surface area contributed by atoms with E-state index < -0.39 is 6.04 Å². The molecule has 0 aromatic heterocycles. The van der Waals surface area contributed by atoms with Crippen LogP contribution >= 0.6 is 11.8 Å². The lowest BCUT2D eigenvalue weighted by Gasteiger charge is -2.29. The van der Waals surface area contributed by atoms with Crippen LogP contribution in [0.15, 0.2) is 53.4 Å². The van der Waals surface area contributed by atoms with Gasteiger partial charge in [0.1, 0.15) is 11.8 Å². The van der Waals surface area contributed by atoms with Crippen LogP contribution in [0.2, 0.25) is 0 Å². The number of nitrogens with one attached hydrogen (secondary N) is 1. The average Bonchev–Trinajstić information content (AvgIpc) is 2.77. The van der Waals surface area contributed by atoms with Gasteiger partial charge in [0.25, 0.3) is 0 Å². The van der Waals surface area contributed by atoms with E-state index in [0.29, 0.717) is 25.3 Å². The van der Waals surface area contributed by atoms with E-state index in [1.54, 1.807) is 30.7 Å². The topological polar surface area (TPSA) is 58.6 Å². The van der Waals surface area contributed by atoms with Crippen molar-refractivity contribution in [1.82, 2.24) is 10.2 Å². The molecule has 0 fully saturated rings. The van der Waals surface area contributed by atoms with Crippen molar-refractivity contribution < 1.29 is 14.3 Å². The standard InChI is InChI=1S/C24H32N2O3S/c1-5-15-25-24(28)19(3)26(17-20-8-10-21(29-4)11-9-20)23(27)14-16-30-22-12-6-18(2)7-13-22/h6-13,19H,5,14-17H2,1-4H3,(H,25,28)/t19-/m1/s1. The molecular weight excluding hydrogens is 396 g/mol. The van der Waals surface area contributed by atoms with E-state index in [4.69, 9.17) is 4.74 Å². The third-order valence-electron chi connectivity index (χ3n) is 4.83. The number of thioether (sulfide) groups is 1. The molecule has 0 unspecified atom stereocenters. The van der Waals surface area contributed by atoms with Gasteiger partial charge in [-0.05, 0) is 50.1 Å². The molecule has 1 N–H and O–H groups in total. The lowest BCUT2D eigenvalue weighted by molar-refractivity contribution is -0.140. The number of rotatable bonds is 11. The van der Waals surface area contributed by atoms with Crippen molar-refractivity contribution in [3.63, 3.8) is 0 Å². The maximum absolute atomic E-state index is 13.0. The highest BCUT2D eigenvalue weighted by molar-refractivity contribution is 7.99. The smallest absolute Gasteiger partial charge is 0.242 e. The first-order valence-electron chi connectivity index (χ1n) is 10.3. The predicted molar refractivity (Wildman–Crippen MR) is 123 cm³/mol. The van der Waals surface area contributed by atoms with Gasteiger partial charge in [-0.25, -0.2) is 0 Å². The number of carbonyl (C=O) groups excluding carboxylic acids is 2. The minimum absolute atomic E-state index is 0.0235. The van der Waals surface area contributed by atoms with Gasteiger partial charge < -0.3 is 15.0 Å². The molecule has 0 saturated carbocycles. The van der Waals surface area contributed by atoms with Crippen LogP contribution in [0.1, 0.15) is 37.8 Å². The predicted octanol–water partition coefficient (Wildman–Crippen LogP) is 4.43. The van der Waals surface area contributed by atoms with Gasteiger partial charge in [-0.2, -0.15) is 0 Å². The summed E-state index contributed by atoms with van der Waals surface area (Å²) in [5, 5.41) is 2.90. The largest absolute Gasteiger partial charge is 0.497 e. The second-order valence-electron chi connectivity index (χ2n) is 7.25. The number of methoxy groups -OCH3 is 1. The summed E-state index contributed by atoms with van der Waals surface area (Å²) in [6.07, 6.45) is 1.23. The zero-order valence-electron chi connectivity index (χ0n) is 18.3. The fourth-order valence-electron chi connectivity index (χ4n) is 2.94. The Balaban J connectivity index is 2.04. The molecular formula is C24H32N2O3S. The van der Waals surface area contributed by atoms with Crippen molar-refractivity contribution >= 4 is 23.6 Å². The average molecular weight is 429 g/mol. The minimum Gasteiger partial charge on any atom is -0.497 e. The zero-order chi connectivity index (χ0) is 21.9. The molecule has 0 bridgehead atoms. The molecule has 0 aliphatic rings. The number of ether oxygens (including phenoxy) is 1. The van der Waals surface area contributed by atoms with Crippen molar-refractivity contribution in [1.29, 1.82) is 0 Å². The molecule has 0 heterocycles. The lowest BCUT2D eigenvalue weighted by atomic mass is 10.1. The van der Waals surface area contributed by atoms with Crippen LogP contribution < -0.4 is 10.1 Å². The molecule has 6 heteroatoms. The van der Waals surface area contributed by atoms with E-state index in [-0.39, 0.29) is 11.8 Å². The van der Waals surface area contributed by atoms with E-state index in [9.17, 15) is 9.59 Å². The van der Waals surface area contributed by atoms with Crippen LogP contribution in [-0.2, 0) is 16.1 Å². The highest BCUT2D eigenvalue weighted by Crippen LogP contribution is 2.21. The number of amides is 2. The van der Waals surface area contributed by atoms with Crippen LogP contribution in [0.25, 0.3) is 0 Å². The van der Waals surface area contributed by atoms with Crippen LogP contribution in [-0.4, -0.2) is 42.2 Å². The summed E-state index contributed by atoms with van der Waals surface area (Å²) in [5.41, 5.74) is 2.18.